The topological polar surface area (TPSA) is 38.9 Å². The van der Waals surface area contributed by atoms with E-state index in [1.807, 2.05) is 36.5 Å². The highest BCUT2D eigenvalue weighted by Crippen LogP contribution is 2.20. The van der Waals surface area contributed by atoms with Crippen LogP contribution in [0.15, 0.2) is 47.2 Å². The van der Waals surface area contributed by atoms with Gasteiger partial charge in [0.05, 0.1) is 0 Å². The summed E-state index contributed by atoms with van der Waals surface area (Å²) in [6, 6.07) is 9.61. The first kappa shape index (κ1) is 12.6. The number of pyridine rings is 1. The van der Waals surface area contributed by atoms with Crippen LogP contribution in [0.2, 0.25) is 5.02 Å². The third-order valence-corrected chi connectivity index (χ3v) is 3.16. The number of hydrogen-bond donors (Lipinski definition) is 1. The SMILES string of the molecule is NC(Cc1cncc(Br)c1)c1cccc(Cl)c1. The van der Waals surface area contributed by atoms with Crippen molar-refractivity contribution < 1.29 is 0 Å². The van der Waals surface area contributed by atoms with E-state index in [1.54, 1.807) is 6.20 Å². The van der Waals surface area contributed by atoms with Gasteiger partial charge in [-0.1, -0.05) is 23.7 Å². The molecule has 0 fully saturated rings. The molecule has 0 saturated heterocycles. The van der Waals surface area contributed by atoms with Gasteiger partial charge in [-0.25, -0.2) is 0 Å². The average molecular weight is 312 g/mol. The van der Waals surface area contributed by atoms with Crippen molar-refractivity contribution in [3.8, 4) is 0 Å². The van der Waals surface area contributed by atoms with E-state index in [4.69, 9.17) is 17.3 Å². The van der Waals surface area contributed by atoms with E-state index < -0.39 is 0 Å². The first-order chi connectivity index (χ1) is 8.15. The minimum absolute atomic E-state index is 0.0650. The molecule has 1 aromatic heterocycles. The minimum Gasteiger partial charge on any atom is -0.324 e. The fourth-order valence-electron chi connectivity index (χ4n) is 1.68. The molecule has 0 amide bonds. The van der Waals surface area contributed by atoms with Crippen LogP contribution in [0, 0.1) is 0 Å². The normalized spacial score (nSPS) is 12.4. The van der Waals surface area contributed by atoms with Crippen molar-refractivity contribution in [2.24, 2.45) is 5.73 Å². The van der Waals surface area contributed by atoms with Crippen LogP contribution in [-0.2, 0) is 6.42 Å². The van der Waals surface area contributed by atoms with Crippen molar-refractivity contribution in [1.82, 2.24) is 4.98 Å². The third-order valence-electron chi connectivity index (χ3n) is 2.49. The summed E-state index contributed by atoms with van der Waals surface area (Å²) in [5.41, 5.74) is 8.29. The van der Waals surface area contributed by atoms with Crippen LogP contribution >= 0.6 is 27.5 Å². The van der Waals surface area contributed by atoms with Gasteiger partial charge in [0.1, 0.15) is 0 Å². The second kappa shape index (κ2) is 5.63. The molecule has 88 valence electrons. The standard InChI is InChI=1S/C13H12BrClN2/c14-11-4-9(7-17-8-11)5-13(16)10-2-1-3-12(15)6-10/h1-4,6-8,13H,5,16H2. The summed E-state index contributed by atoms with van der Waals surface area (Å²) in [5, 5.41) is 0.713. The molecule has 1 unspecified atom stereocenters. The highest BCUT2D eigenvalue weighted by Gasteiger charge is 2.08. The molecule has 2 N–H and O–H groups in total. The first-order valence-electron chi connectivity index (χ1n) is 5.25. The molecule has 4 heteroatoms. The zero-order valence-electron chi connectivity index (χ0n) is 9.11. The number of nitrogens with two attached hydrogens (primary N) is 1. The molecule has 0 spiro atoms. The molecule has 0 bridgehead atoms. The van der Waals surface area contributed by atoms with Crippen LogP contribution in [-0.4, -0.2) is 4.98 Å². The van der Waals surface area contributed by atoms with Crippen molar-refractivity contribution in [3.63, 3.8) is 0 Å². The molecule has 2 nitrogen and oxygen atoms in total. The maximum atomic E-state index is 6.14. The maximum Gasteiger partial charge on any atom is 0.0410 e. The van der Waals surface area contributed by atoms with E-state index in [0.29, 0.717) is 5.02 Å². The van der Waals surface area contributed by atoms with Gasteiger partial charge in [0.2, 0.25) is 0 Å². The van der Waals surface area contributed by atoms with Crippen LogP contribution in [0.3, 0.4) is 0 Å². The minimum atomic E-state index is -0.0650. The van der Waals surface area contributed by atoms with E-state index in [2.05, 4.69) is 20.9 Å². The quantitative estimate of drug-likeness (QED) is 0.938. The van der Waals surface area contributed by atoms with Crippen LogP contribution < -0.4 is 5.73 Å². The van der Waals surface area contributed by atoms with Crippen molar-refractivity contribution in [2.45, 2.75) is 12.5 Å². The van der Waals surface area contributed by atoms with Crippen molar-refractivity contribution in [1.29, 1.82) is 0 Å². The molecular weight excluding hydrogens is 300 g/mol. The molecule has 0 saturated carbocycles. The van der Waals surface area contributed by atoms with Gasteiger partial charge in [0, 0.05) is 27.9 Å². The lowest BCUT2D eigenvalue weighted by atomic mass is 10.0. The Morgan fingerprint density at radius 1 is 1.29 bits per heavy atom. The fraction of sp³-hybridized carbons (Fsp3) is 0.154. The third kappa shape index (κ3) is 3.53. The van der Waals surface area contributed by atoms with Gasteiger partial charge in [-0.05, 0) is 51.7 Å². The van der Waals surface area contributed by atoms with Gasteiger partial charge in [0.25, 0.3) is 0 Å². The van der Waals surface area contributed by atoms with E-state index in [9.17, 15) is 0 Å². The molecule has 0 radical (unpaired) electrons. The molecular formula is C13H12BrClN2. The average Bonchev–Trinajstić information content (AvgIpc) is 2.29. The van der Waals surface area contributed by atoms with Gasteiger partial charge in [-0.15, -0.1) is 0 Å². The Balaban J connectivity index is 2.14. The Morgan fingerprint density at radius 2 is 2.12 bits per heavy atom. The summed E-state index contributed by atoms with van der Waals surface area (Å²) >= 11 is 9.34. The summed E-state index contributed by atoms with van der Waals surface area (Å²) in [7, 11) is 0. The number of rotatable bonds is 3. The smallest absolute Gasteiger partial charge is 0.0410 e. The zero-order chi connectivity index (χ0) is 12.3. The second-order valence-corrected chi connectivity index (χ2v) is 5.23. The maximum absolute atomic E-state index is 6.14. The van der Waals surface area contributed by atoms with Crippen molar-refractivity contribution >= 4 is 27.5 Å². The molecule has 1 heterocycles. The Kier molecular flexibility index (Phi) is 4.15. The largest absolute Gasteiger partial charge is 0.324 e. The number of hydrogen-bond acceptors (Lipinski definition) is 2. The summed E-state index contributed by atoms with van der Waals surface area (Å²) in [6.45, 7) is 0. The Morgan fingerprint density at radius 3 is 2.82 bits per heavy atom. The summed E-state index contributed by atoms with van der Waals surface area (Å²) in [6.07, 6.45) is 4.33. The molecule has 17 heavy (non-hydrogen) atoms. The van der Waals surface area contributed by atoms with Crippen molar-refractivity contribution in [2.75, 3.05) is 0 Å². The van der Waals surface area contributed by atoms with Crippen molar-refractivity contribution in [3.05, 3.63) is 63.3 Å². The van der Waals surface area contributed by atoms with E-state index in [0.717, 1.165) is 22.0 Å². The number of nitrogens with zero attached hydrogens (tertiary/aromatic N) is 1. The highest BCUT2D eigenvalue weighted by atomic mass is 79.9. The second-order valence-electron chi connectivity index (χ2n) is 3.88. The molecule has 2 aromatic rings. The monoisotopic (exact) mass is 310 g/mol. The van der Waals surface area contributed by atoms with E-state index >= 15 is 0 Å². The number of aromatic nitrogens is 1. The van der Waals surface area contributed by atoms with Gasteiger partial charge in [0.15, 0.2) is 0 Å². The molecule has 0 aliphatic heterocycles. The zero-order valence-corrected chi connectivity index (χ0v) is 11.4. The van der Waals surface area contributed by atoms with Gasteiger partial charge >= 0.3 is 0 Å². The lowest BCUT2D eigenvalue weighted by molar-refractivity contribution is 0.719. The Hall–Kier alpha value is -0.900. The highest BCUT2D eigenvalue weighted by molar-refractivity contribution is 9.10. The lowest BCUT2D eigenvalue weighted by Crippen LogP contribution is -2.13. The number of halogens is 2. The van der Waals surface area contributed by atoms with Crippen LogP contribution in [0.5, 0.6) is 0 Å². The lowest BCUT2D eigenvalue weighted by Gasteiger charge is -2.12. The van der Waals surface area contributed by atoms with Crippen LogP contribution in [0.1, 0.15) is 17.2 Å². The van der Waals surface area contributed by atoms with Gasteiger partial charge in [-0.2, -0.15) is 0 Å². The first-order valence-corrected chi connectivity index (χ1v) is 6.43. The molecule has 0 aliphatic carbocycles. The fourth-order valence-corrected chi connectivity index (χ4v) is 2.29. The summed E-state index contributed by atoms with van der Waals surface area (Å²) in [4.78, 5) is 4.12. The molecule has 2 rings (SSSR count). The Labute approximate surface area is 114 Å². The number of benzene rings is 1. The molecule has 0 aliphatic rings. The van der Waals surface area contributed by atoms with E-state index in [1.165, 1.54) is 0 Å². The van der Waals surface area contributed by atoms with Gasteiger partial charge in [-0.3, -0.25) is 4.98 Å². The van der Waals surface area contributed by atoms with Crippen LogP contribution in [0.25, 0.3) is 0 Å². The summed E-state index contributed by atoms with van der Waals surface area (Å²) < 4.78 is 0.966. The summed E-state index contributed by atoms with van der Waals surface area (Å²) in [5.74, 6) is 0. The van der Waals surface area contributed by atoms with E-state index in [-0.39, 0.29) is 6.04 Å². The molecule has 1 aromatic carbocycles. The Bertz CT molecular complexity index is 516. The molecule has 1 atom stereocenters. The van der Waals surface area contributed by atoms with Crippen LogP contribution in [0.4, 0.5) is 0 Å². The predicted molar refractivity (Wildman–Crippen MR) is 74.0 cm³/mol. The predicted octanol–water partition coefficient (Wildman–Crippen LogP) is 3.74. The van der Waals surface area contributed by atoms with Gasteiger partial charge < -0.3 is 5.73 Å².